The van der Waals surface area contributed by atoms with Crippen LogP contribution in [0, 0.1) is 0 Å². The minimum Gasteiger partial charge on any atom is -0.507 e. The van der Waals surface area contributed by atoms with Gasteiger partial charge in [-0.3, -0.25) is 19.5 Å². The van der Waals surface area contributed by atoms with Gasteiger partial charge in [-0.25, -0.2) is 0 Å². The number of Topliss-reactive ketones (excluding diaryl/α,β-unsaturated/α-hetero) is 1. The molecule has 1 fully saturated rings. The van der Waals surface area contributed by atoms with Gasteiger partial charge >= 0.3 is 0 Å². The van der Waals surface area contributed by atoms with Gasteiger partial charge in [0.05, 0.1) is 24.8 Å². The maximum absolute atomic E-state index is 13.3. The fourth-order valence-electron chi connectivity index (χ4n) is 4.49. The van der Waals surface area contributed by atoms with Crippen LogP contribution >= 0.6 is 0 Å². The molecule has 3 heterocycles. The summed E-state index contributed by atoms with van der Waals surface area (Å²) in [6.07, 6.45) is 4.91. The van der Waals surface area contributed by atoms with Crippen LogP contribution in [0.4, 0.5) is 5.69 Å². The van der Waals surface area contributed by atoms with Crippen molar-refractivity contribution in [1.29, 1.82) is 0 Å². The highest BCUT2D eigenvalue weighted by Gasteiger charge is 2.47. The number of carbonyl (C=O) groups excluding carboxylic acids is 2. The summed E-state index contributed by atoms with van der Waals surface area (Å²) >= 11 is 0. The lowest BCUT2D eigenvalue weighted by Gasteiger charge is -2.25. The van der Waals surface area contributed by atoms with Crippen molar-refractivity contribution in [3.05, 3.63) is 89.3 Å². The second-order valence-electron chi connectivity index (χ2n) is 8.15. The monoisotopic (exact) mass is 456 g/mol. The van der Waals surface area contributed by atoms with E-state index in [1.54, 1.807) is 60.9 Å². The van der Waals surface area contributed by atoms with Gasteiger partial charge in [-0.05, 0) is 85.5 Å². The zero-order valence-electron chi connectivity index (χ0n) is 18.7. The minimum absolute atomic E-state index is 0.0433. The molecule has 1 N–H and O–H groups in total. The number of hydrogen-bond acceptors (Lipinski definition) is 6. The molecule has 2 aliphatic rings. The molecule has 7 heteroatoms. The second kappa shape index (κ2) is 9.02. The molecule has 0 spiro atoms. The lowest BCUT2D eigenvalue weighted by atomic mass is 9.94. The lowest BCUT2D eigenvalue weighted by Crippen LogP contribution is -2.29. The Morgan fingerprint density at radius 2 is 1.88 bits per heavy atom. The molecule has 0 bridgehead atoms. The Morgan fingerprint density at radius 1 is 1.12 bits per heavy atom. The lowest BCUT2D eigenvalue weighted by molar-refractivity contribution is -0.132. The van der Waals surface area contributed by atoms with E-state index in [9.17, 15) is 14.7 Å². The van der Waals surface area contributed by atoms with E-state index in [1.165, 1.54) is 4.90 Å². The number of aryl methyl sites for hydroxylation is 1. The number of aliphatic hydroxyl groups excluding tert-OH is 1. The fourth-order valence-corrected chi connectivity index (χ4v) is 4.49. The van der Waals surface area contributed by atoms with Gasteiger partial charge < -0.3 is 14.6 Å². The van der Waals surface area contributed by atoms with Crippen LogP contribution in [0.3, 0.4) is 0 Å². The molecule has 1 amide bonds. The van der Waals surface area contributed by atoms with Crippen molar-refractivity contribution in [2.24, 2.45) is 0 Å². The first-order valence-corrected chi connectivity index (χ1v) is 11.3. The average Bonchev–Trinajstić information content (AvgIpc) is 3.15. The maximum Gasteiger partial charge on any atom is 0.300 e. The Hall–Kier alpha value is -4.13. The third-order valence-corrected chi connectivity index (χ3v) is 6.07. The quantitative estimate of drug-likeness (QED) is 0.347. The number of fused-ring (bicyclic) bond motifs is 1. The number of rotatable bonds is 5. The van der Waals surface area contributed by atoms with Gasteiger partial charge in [-0.1, -0.05) is 0 Å². The van der Waals surface area contributed by atoms with Crippen LogP contribution in [-0.2, 0) is 16.0 Å². The van der Waals surface area contributed by atoms with Gasteiger partial charge in [0.2, 0.25) is 0 Å². The smallest absolute Gasteiger partial charge is 0.300 e. The summed E-state index contributed by atoms with van der Waals surface area (Å²) in [5.74, 6) is -0.194. The van der Waals surface area contributed by atoms with Crippen molar-refractivity contribution in [1.82, 2.24) is 4.98 Å². The van der Waals surface area contributed by atoms with Crippen LogP contribution in [0.1, 0.15) is 36.1 Å². The Kier molecular flexibility index (Phi) is 5.76. The van der Waals surface area contributed by atoms with Crippen molar-refractivity contribution in [3.8, 4) is 11.5 Å². The predicted molar refractivity (Wildman–Crippen MR) is 127 cm³/mol. The molecule has 3 aromatic rings. The highest BCUT2D eigenvalue weighted by molar-refractivity contribution is 6.51. The molecule has 172 valence electrons. The van der Waals surface area contributed by atoms with E-state index in [-0.39, 0.29) is 11.3 Å². The number of ketones is 1. The van der Waals surface area contributed by atoms with Crippen LogP contribution in [0.25, 0.3) is 5.76 Å². The van der Waals surface area contributed by atoms with E-state index >= 15 is 0 Å². The highest BCUT2D eigenvalue weighted by Crippen LogP contribution is 2.42. The highest BCUT2D eigenvalue weighted by atomic mass is 16.5. The molecular formula is C27H24N2O5. The predicted octanol–water partition coefficient (Wildman–Crippen LogP) is 4.43. The van der Waals surface area contributed by atoms with Gasteiger partial charge in [-0.15, -0.1) is 0 Å². The Bertz CT molecular complexity index is 1270. The van der Waals surface area contributed by atoms with Crippen molar-refractivity contribution in [2.75, 3.05) is 18.1 Å². The molecule has 1 unspecified atom stereocenters. The number of hydrogen-bond donors (Lipinski definition) is 1. The first kappa shape index (κ1) is 21.7. The number of ether oxygens (including phenoxy) is 2. The van der Waals surface area contributed by atoms with E-state index in [1.807, 2.05) is 13.0 Å². The normalized spacial score (nSPS) is 19.0. The Balaban J connectivity index is 1.64. The maximum atomic E-state index is 13.3. The first-order chi connectivity index (χ1) is 16.6. The van der Waals surface area contributed by atoms with E-state index in [4.69, 9.17) is 9.47 Å². The second-order valence-corrected chi connectivity index (χ2v) is 8.15. The molecular weight excluding hydrogens is 432 g/mol. The van der Waals surface area contributed by atoms with Crippen LogP contribution in [0.2, 0.25) is 0 Å². The topological polar surface area (TPSA) is 89.0 Å². The summed E-state index contributed by atoms with van der Waals surface area (Å²) in [6.45, 7) is 3.07. The van der Waals surface area contributed by atoms with Gasteiger partial charge in [0, 0.05) is 23.6 Å². The minimum atomic E-state index is -0.798. The van der Waals surface area contributed by atoms with E-state index < -0.39 is 17.7 Å². The number of pyridine rings is 1. The fraction of sp³-hybridized carbons (Fsp3) is 0.222. The zero-order valence-corrected chi connectivity index (χ0v) is 18.7. The molecule has 2 aliphatic heterocycles. The molecule has 1 aromatic heterocycles. The number of benzene rings is 2. The molecule has 0 aliphatic carbocycles. The summed E-state index contributed by atoms with van der Waals surface area (Å²) in [4.78, 5) is 32.0. The molecule has 5 rings (SSSR count). The summed E-state index contributed by atoms with van der Waals surface area (Å²) < 4.78 is 11.2. The average molecular weight is 456 g/mol. The van der Waals surface area contributed by atoms with Crippen molar-refractivity contribution < 1.29 is 24.2 Å². The number of carbonyl (C=O) groups is 2. The van der Waals surface area contributed by atoms with Gasteiger partial charge in [0.15, 0.2) is 0 Å². The molecule has 0 radical (unpaired) electrons. The molecule has 7 nitrogen and oxygen atoms in total. The van der Waals surface area contributed by atoms with E-state index in [0.29, 0.717) is 35.8 Å². The first-order valence-electron chi connectivity index (χ1n) is 11.3. The summed E-state index contributed by atoms with van der Waals surface area (Å²) in [6, 6.07) is 15.0. The van der Waals surface area contributed by atoms with Crippen molar-refractivity contribution in [3.63, 3.8) is 0 Å². The summed E-state index contributed by atoms with van der Waals surface area (Å²) in [5, 5.41) is 11.3. The third kappa shape index (κ3) is 3.79. The number of aliphatic hydroxyl groups is 1. The number of amides is 1. The van der Waals surface area contributed by atoms with Gasteiger partial charge in [0.25, 0.3) is 11.7 Å². The number of anilines is 1. The molecule has 1 saturated heterocycles. The molecule has 2 aromatic carbocycles. The van der Waals surface area contributed by atoms with Crippen LogP contribution in [0.5, 0.6) is 11.5 Å². The SMILES string of the molecule is CCOc1ccc(N2C(=O)C(=O)/C(=C(\O)c3ccc4c(c3)CCCO4)C2c2ccncc2)cc1. The van der Waals surface area contributed by atoms with Gasteiger partial charge in [0.1, 0.15) is 17.3 Å². The van der Waals surface area contributed by atoms with Crippen molar-refractivity contribution in [2.45, 2.75) is 25.8 Å². The molecule has 0 saturated carbocycles. The van der Waals surface area contributed by atoms with Crippen LogP contribution in [0.15, 0.2) is 72.6 Å². The number of aromatic nitrogens is 1. The standard InChI is InChI=1S/C27H24N2O5/c1-2-33-21-8-6-20(7-9-21)29-24(17-11-13-28-14-12-17)23(26(31)27(29)32)25(30)19-5-10-22-18(16-19)4-3-15-34-22/h5-14,16,24,30H,2-4,15H2,1H3/b25-23-. The zero-order chi connectivity index (χ0) is 23.7. The van der Waals surface area contributed by atoms with Gasteiger partial charge in [-0.2, -0.15) is 0 Å². The van der Waals surface area contributed by atoms with E-state index in [2.05, 4.69) is 4.98 Å². The largest absolute Gasteiger partial charge is 0.507 e. The Labute approximate surface area is 197 Å². The van der Waals surface area contributed by atoms with Crippen LogP contribution in [-0.4, -0.2) is 35.0 Å². The summed E-state index contributed by atoms with van der Waals surface area (Å²) in [7, 11) is 0. The third-order valence-electron chi connectivity index (χ3n) is 6.07. The summed E-state index contributed by atoms with van der Waals surface area (Å²) in [5.41, 5.74) is 2.70. The van der Waals surface area contributed by atoms with Crippen LogP contribution < -0.4 is 14.4 Å². The molecule has 34 heavy (non-hydrogen) atoms. The molecule has 1 atom stereocenters. The van der Waals surface area contributed by atoms with E-state index in [0.717, 1.165) is 24.2 Å². The van der Waals surface area contributed by atoms with Crippen molar-refractivity contribution >= 4 is 23.1 Å². The Morgan fingerprint density at radius 3 is 2.62 bits per heavy atom. The number of nitrogens with zero attached hydrogens (tertiary/aromatic N) is 2.